The van der Waals surface area contributed by atoms with Crippen LogP contribution in [-0.4, -0.2) is 47.1 Å². The van der Waals surface area contributed by atoms with Gasteiger partial charge in [-0.1, -0.05) is 30.9 Å². The van der Waals surface area contributed by atoms with E-state index in [2.05, 4.69) is 16.0 Å². The lowest BCUT2D eigenvalue weighted by molar-refractivity contribution is -0.384. The van der Waals surface area contributed by atoms with Crippen molar-refractivity contribution in [2.75, 3.05) is 18.4 Å². The number of hydrogen-bond acceptors (Lipinski definition) is 4. The smallest absolute Gasteiger partial charge is 0.321 e. The number of carbonyl (C=O) groups excluding carboxylic acids is 2. The van der Waals surface area contributed by atoms with Gasteiger partial charge in [0.1, 0.15) is 5.02 Å². The highest BCUT2D eigenvalue weighted by Crippen LogP contribution is 2.27. The maximum Gasteiger partial charge on any atom is 0.321 e. The SMILES string of the molecule is O=C(NC1CCCCC1)NC1CCN(C(=O)Nc2ccc(Cl)c([N+](=O)[O-])c2)CC1. The predicted molar refractivity (Wildman–Crippen MR) is 110 cm³/mol. The van der Waals surface area contributed by atoms with Gasteiger partial charge >= 0.3 is 12.1 Å². The second kappa shape index (κ2) is 9.78. The topological polar surface area (TPSA) is 117 Å². The molecule has 4 amide bonds. The number of nitro groups is 1. The van der Waals surface area contributed by atoms with Crippen LogP contribution in [0.4, 0.5) is 21.0 Å². The van der Waals surface area contributed by atoms with Crippen molar-refractivity contribution in [2.45, 2.75) is 57.0 Å². The van der Waals surface area contributed by atoms with E-state index in [1.807, 2.05) is 0 Å². The lowest BCUT2D eigenvalue weighted by Crippen LogP contribution is -2.51. The molecule has 1 saturated heterocycles. The van der Waals surface area contributed by atoms with Gasteiger partial charge in [0.2, 0.25) is 0 Å². The number of nitrogens with zero attached hydrogens (tertiary/aromatic N) is 2. The molecule has 2 aliphatic rings. The Morgan fingerprint density at radius 1 is 1.03 bits per heavy atom. The number of nitrogens with one attached hydrogen (secondary N) is 3. The van der Waals surface area contributed by atoms with Crippen LogP contribution in [0.15, 0.2) is 18.2 Å². The van der Waals surface area contributed by atoms with Crippen molar-refractivity contribution in [1.82, 2.24) is 15.5 Å². The number of anilines is 1. The number of piperidine rings is 1. The number of likely N-dealkylation sites (tertiary alicyclic amines) is 1. The van der Waals surface area contributed by atoms with Gasteiger partial charge in [-0.15, -0.1) is 0 Å². The fourth-order valence-electron chi connectivity index (χ4n) is 3.82. The summed E-state index contributed by atoms with van der Waals surface area (Å²) in [5.41, 5.74) is 0.0644. The van der Waals surface area contributed by atoms with Crippen LogP contribution >= 0.6 is 11.6 Å². The number of nitro benzene ring substituents is 1. The number of carbonyl (C=O) groups is 2. The standard InChI is InChI=1S/C19H26ClN5O4/c20-16-7-6-15(12-17(16)25(28)29)23-19(27)24-10-8-14(9-11-24)22-18(26)21-13-4-2-1-3-5-13/h6-7,12-14H,1-5,8-11H2,(H,23,27)(H2,21,22,26). The number of hydrogen-bond donors (Lipinski definition) is 3. The van der Waals surface area contributed by atoms with Crippen LogP contribution in [0.5, 0.6) is 0 Å². The summed E-state index contributed by atoms with van der Waals surface area (Å²) in [6.07, 6.45) is 6.95. The summed E-state index contributed by atoms with van der Waals surface area (Å²) in [6, 6.07) is 3.98. The first-order valence-corrected chi connectivity index (χ1v) is 10.4. The molecule has 158 valence electrons. The number of amides is 4. The van der Waals surface area contributed by atoms with Crippen molar-refractivity contribution in [3.63, 3.8) is 0 Å². The molecule has 0 radical (unpaired) electrons. The summed E-state index contributed by atoms with van der Waals surface area (Å²) in [4.78, 5) is 36.6. The maximum atomic E-state index is 12.4. The van der Waals surface area contributed by atoms with E-state index in [0.717, 1.165) is 25.7 Å². The largest absolute Gasteiger partial charge is 0.335 e. The molecule has 1 saturated carbocycles. The molecular weight excluding hydrogens is 398 g/mol. The molecule has 0 unspecified atom stereocenters. The van der Waals surface area contributed by atoms with Gasteiger partial charge in [0, 0.05) is 36.9 Å². The van der Waals surface area contributed by atoms with Gasteiger partial charge in [0.15, 0.2) is 0 Å². The fraction of sp³-hybridized carbons (Fsp3) is 0.579. The molecule has 1 aliphatic heterocycles. The third kappa shape index (κ3) is 5.96. The van der Waals surface area contributed by atoms with Crippen LogP contribution in [0.25, 0.3) is 0 Å². The maximum absolute atomic E-state index is 12.4. The lowest BCUT2D eigenvalue weighted by atomic mass is 9.96. The quantitative estimate of drug-likeness (QED) is 0.503. The van der Waals surface area contributed by atoms with E-state index < -0.39 is 4.92 Å². The lowest BCUT2D eigenvalue weighted by Gasteiger charge is -2.33. The highest BCUT2D eigenvalue weighted by molar-refractivity contribution is 6.32. The Bertz CT molecular complexity index is 761. The third-order valence-electron chi connectivity index (χ3n) is 5.45. The molecule has 0 atom stereocenters. The zero-order chi connectivity index (χ0) is 20.8. The van der Waals surface area contributed by atoms with Crippen LogP contribution in [0, 0.1) is 10.1 Å². The summed E-state index contributed by atoms with van der Waals surface area (Å²) in [7, 11) is 0. The summed E-state index contributed by atoms with van der Waals surface area (Å²) in [5, 5.41) is 19.7. The van der Waals surface area contributed by atoms with Crippen molar-refractivity contribution in [3.05, 3.63) is 33.3 Å². The second-order valence-corrected chi connectivity index (χ2v) is 7.97. The number of benzene rings is 1. The average Bonchev–Trinajstić information content (AvgIpc) is 2.70. The van der Waals surface area contributed by atoms with Crippen molar-refractivity contribution >= 4 is 35.0 Å². The van der Waals surface area contributed by atoms with Crippen molar-refractivity contribution in [3.8, 4) is 0 Å². The zero-order valence-corrected chi connectivity index (χ0v) is 16.9. The molecule has 3 rings (SSSR count). The van der Waals surface area contributed by atoms with E-state index in [1.165, 1.54) is 24.6 Å². The molecular formula is C19H26ClN5O4. The predicted octanol–water partition coefficient (Wildman–Crippen LogP) is 3.88. The van der Waals surface area contributed by atoms with Crippen molar-refractivity contribution in [1.29, 1.82) is 0 Å². The number of rotatable bonds is 4. The summed E-state index contributed by atoms with van der Waals surface area (Å²) < 4.78 is 0. The molecule has 1 aromatic rings. The van der Waals surface area contributed by atoms with Gasteiger partial charge in [-0.2, -0.15) is 0 Å². The number of halogens is 1. The Morgan fingerprint density at radius 2 is 1.66 bits per heavy atom. The Hall–Kier alpha value is -2.55. The van der Waals surface area contributed by atoms with Crippen molar-refractivity contribution in [2.24, 2.45) is 0 Å². The van der Waals surface area contributed by atoms with Gasteiger partial charge in [0.05, 0.1) is 4.92 Å². The van der Waals surface area contributed by atoms with Crippen LogP contribution in [0.3, 0.4) is 0 Å². The summed E-state index contributed by atoms with van der Waals surface area (Å²) in [5.74, 6) is 0. The molecule has 10 heteroatoms. The van der Waals surface area contributed by atoms with Crippen LogP contribution in [-0.2, 0) is 0 Å². The van der Waals surface area contributed by atoms with Gasteiger partial charge in [-0.3, -0.25) is 10.1 Å². The summed E-state index contributed by atoms with van der Waals surface area (Å²) >= 11 is 5.79. The molecule has 1 heterocycles. The fourth-order valence-corrected chi connectivity index (χ4v) is 4.01. The Kier molecular flexibility index (Phi) is 7.13. The molecule has 29 heavy (non-hydrogen) atoms. The highest BCUT2D eigenvalue weighted by atomic mass is 35.5. The Balaban J connectivity index is 1.44. The normalized spacial score (nSPS) is 18.2. The molecule has 9 nitrogen and oxygen atoms in total. The van der Waals surface area contributed by atoms with Crippen LogP contribution in [0.2, 0.25) is 5.02 Å². The number of urea groups is 2. The van der Waals surface area contributed by atoms with Gasteiger partial charge in [0.25, 0.3) is 5.69 Å². The Labute approximate surface area is 174 Å². The molecule has 3 N–H and O–H groups in total. The van der Waals surface area contributed by atoms with Gasteiger partial charge in [-0.05, 0) is 37.8 Å². The molecule has 1 aliphatic carbocycles. The molecule has 0 bridgehead atoms. The molecule has 2 fully saturated rings. The monoisotopic (exact) mass is 423 g/mol. The van der Waals surface area contributed by atoms with Crippen LogP contribution < -0.4 is 16.0 Å². The van der Waals surface area contributed by atoms with E-state index in [1.54, 1.807) is 4.90 Å². The third-order valence-corrected chi connectivity index (χ3v) is 5.77. The first-order chi connectivity index (χ1) is 13.9. The first-order valence-electron chi connectivity index (χ1n) is 9.99. The van der Waals surface area contributed by atoms with Gasteiger partial charge < -0.3 is 20.9 Å². The van der Waals surface area contributed by atoms with E-state index >= 15 is 0 Å². The summed E-state index contributed by atoms with van der Waals surface area (Å²) in [6.45, 7) is 0.992. The molecule has 0 aromatic heterocycles. The molecule has 0 spiro atoms. The minimum absolute atomic E-state index is 0.0198. The van der Waals surface area contributed by atoms with E-state index in [9.17, 15) is 19.7 Å². The molecule has 1 aromatic carbocycles. The van der Waals surface area contributed by atoms with Gasteiger partial charge in [-0.25, -0.2) is 9.59 Å². The van der Waals surface area contributed by atoms with Crippen LogP contribution in [0.1, 0.15) is 44.9 Å². The minimum Gasteiger partial charge on any atom is -0.335 e. The first kappa shape index (κ1) is 21.2. The second-order valence-electron chi connectivity index (χ2n) is 7.57. The highest BCUT2D eigenvalue weighted by Gasteiger charge is 2.25. The zero-order valence-electron chi connectivity index (χ0n) is 16.2. The Morgan fingerprint density at radius 3 is 2.28 bits per heavy atom. The van der Waals surface area contributed by atoms with Crippen molar-refractivity contribution < 1.29 is 14.5 Å². The average molecular weight is 424 g/mol. The van der Waals surface area contributed by atoms with E-state index in [4.69, 9.17) is 11.6 Å². The van der Waals surface area contributed by atoms with E-state index in [-0.39, 0.29) is 34.9 Å². The minimum atomic E-state index is -0.590. The van der Waals surface area contributed by atoms with E-state index in [0.29, 0.717) is 31.6 Å².